The number of oxazole rings is 1. The van der Waals surface area contributed by atoms with Gasteiger partial charge in [0.2, 0.25) is 5.91 Å². The molecule has 146 valence electrons. The Morgan fingerprint density at radius 2 is 2.04 bits per heavy atom. The highest BCUT2D eigenvalue weighted by atomic mass is 35.5. The van der Waals surface area contributed by atoms with Crippen LogP contribution in [0.5, 0.6) is 0 Å². The van der Waals surface area contributed by atoms with Crippen molar-refractivity contribution in [3.63, 3.8) is 0 Å². The van der Waals surface area contributed by atoms with Crippen LogP contribution in [0, 0.1) is 5.92 Å². The Balaban J connectivity index is 1.41. The fourth-order valence-electron chi connectivity index (χ4n) is 3.34. The molecule has 5 nitrogen and oxygen atoms in total. The molecule has 0 aliphatic carbocycles. The fourth-order valence-corrected chi connectivity index (χ4v) is 3.47. The zero-order chi connectivity index (χ0) is 19.2. The van der Waals surface area contributed by atoms with E-state index >= 15 is 0 Å². The van der Waals surface area contributed by atoms with Gasteiger partial charge in [-0.15, -0.1) is 0 Å². The summed E-state index contributed by atoms with van der Waals surface area (Å²) in [6.45, 7) is 7.44. The van der Waals surface area contributed by atoms with E-state index in [0.29, 0.717) is 42.1 Å². The molecule has 0 radical (unpaired) electrons. The molecule has 1 atom stereocenters. The number of nitrogens with one attached hydrogen (secondary N) is 1. The molecule has 2 aromatic rings. The summed E-state index contributed by atoms with van der Waals surface area (Å²) in [6.07, 6.45) is 5.06. The van der Waals surface area contributed by atoms with Gasteiger partial charge in [0.25, 0.3) is 0 Å². The highest BCUT2D eigenvalue weighted by Gasteiger charge is 2.20. The van der Waals surface area contributed by atoms with Crippen molar-refractivity contribution in [1.29, 1.82) is 0 Å². The summed E-state index contributed by atoms with van der Waals surface area (Å²) in [5.41, 5.74) is 0.923. The van der Waals surface area contributed by atoms with Crippen LogP contribution in [0.4, 0.5) is 0 Å². The van der Waals surface area contributed by atoms with Crippen LogP contribution in [0.1, 0.15) is 39.0 Å². The van der Waals surface area contributed by atoms with E-state index in [9.17, 15) is 4.79 Å². The molecule has 2 heterocycles. The number of likely N-dealkylation sites (tertiary alicyclic amines) is 1. The Bertz CT molecular complexity index is 736. The lowest BCUT2D eigenvalue weighted by molar-refractivity contribution is -0.121. The first-order valence-electron chi connectivity index (χ1n) is 9.72. The molecule has 1 amide bonds. The Hall–Kier alpha value is -1.85. The molecule has 1 aromatic heterocycles. The molecule has 1 N–H and O–H groups in total. The zero-order valence-corrected chi connectivity index (χ0v) is 16.8. The molecule has 0 bridgehead atoms. The van der Waals surface area contributed by atoms with Crippen molar-refractivity contribution >= 4 is 17.5 Å². The number of aryl methyl sites for hydroxylation is 1. The lowest BCUT2D eigenvalue weighted by atomic mass is 9.98. The smallest absolute Gasteiger partial charge is 0.220 e. The summed E-state index contributed by atoms with van der Waals surface area (Å²) >= 11 is 5.90. The van der Waals surface area contributed by atoms with Crippen LogP contribution in [0.25, 0.3) is 11.3 Å². The molecule has 1 aromatic carbocycles. The number of carbonyl (C=O) groups excluding carboxylic acids is 1. The number of rotatable bonds is 7. The summed E-state index contributed by atoms with van der Waals surface area (Å²) < 4.78 is 5.75. The molecule has 3 rings (SSSR count). The highest BCUT2D eigenvalue weighted by Crippen LogP contribution is 2.22. The lowest BCUT2D eigenvalue weighted by Gasteiger charge is -2.35. The van der Waals surface area contributed by atoms with Crippen molar-refractivity contribution < 1.29 is 9.21 Å². The Labute approximate surface area is 166 Å². The van der Waals surface area contributed by atoms with E-state index in [4.69, 9.17) is 16.0 Å². The van der Waals surface area contributed by atoms with Gasteiger partial charge in [-0.25, -0.2) is 4.98 Å². The number of halogens is 1. The number of nitrogens with zero attached hydrogens (tertiary/aromatic N) is 2. The van der Waals surface area contributed by atoms with Crippen molar-refractivity contribution in [2.24, 2.45) is 5.92 Å². The Morgan fingerprint density at radius 3 is 2.74 bits per heavy atom. The normalized spacial score (nSPS) is 17.0. The van der Waals surface area contributed by atoms with E-state index in [1.165, 1.54) is 12.8 Å². The topological polar surface area (TPSA) is 58.4 Å². The maximum absolute atomic E-state index is 12.2. The second-order valence-electron chi connectivity index (χ2n) is 7.50. The summed E-state index contributed by atoms with van der Waals surface area (Å²) in [7, 11) is 0. The van der Waals surface area contributed by atoms with Crippen LogP contribution in [0.3, 0.4) is 0 Å². The van der Waals surface area contributed by atoms with Crippen molar-refractivity contribution in [3.05, 3.63) is 41.4 Å². The second-order valence-corrected chi connectivity index (χ2v) is 7.93. The van der Waals surface area contributed by atoms with Crippen molar-refractivity contribution in [2.75, 3.05) is 19.6 Å². The molecular weight excluding hydrogens is 362 g/mol. The molecule has 27 heavy (non-hydrogen) atoms. The first-order chi connectivity index (χ1) is 13.0. The van der Waals surface area contributed by atoms with Crippen LogP contribution in [-0.4, -0.2) is 41.5 Å². The monoisotopic (exact) mass is 389 g/mol. The van der Waals surface area contributed by atoms with Crippen molar-refractivity contribution in [1.82, 2.24) is 15.2 Å². The van der Waals surface area contributed by atoms with Crippen LogP contribution < -0.4 is 5.32 Å². The van der Waals surface area contributed by atoms with Crippen LogP contribution >= 0.6 is 11.6 Å². The van der Waals surface area contributed by atoms with Gasteiger partial charge in [0, 0.05) is 36.0 Å². The van der Waals surface area contributed by atoms with E-state index in [1.54, 1.807) is 6.20 Å². The third kappa shape index (κ3) is 5.81. The summed E-state index contributed by atoms with van der Waals surface area (Å²) in [5.74, 6) is 2.13. The summed E-state index contributed by atoms with van der Waals surface area (Å²) in [4.78, 5) is 18.9. The van der Waals surface area contributed by atoms with Crippen LogP contribution in [0.15, 0.2) is 34.9 Å². The Kier molecular flexibility index (Phi) is 6.91. The SMILES string of the molecule is CC1CCN(C(C)CNC(=O)CCc2ncc(-c3ccc(Cl)cc3)o2)CC1. The maximum Gasteiger partial charge on any atom is 0.220 e. The number of benzene rings is 1. The molecule has 0 spiro atoms. The fraction of sp³-hybridized carbons (Fsp3) is 0.524. The van der Waals surface area contributed by atoms with Crippen molar-refractivity contribution in [3.8, 4) is 11.3 Å². The van der Waals surface area contributed by atoms with Crippen molar-refractivity contribution in [2.45, 2.75) is 45.6 Å². The van der Waals surface area contributed by atoms with Gasteiger partial charge in [-0.3, -0.25) is 9.69 Å². The average Bonchev–Trinajstić information content (AvgIpc) is 3.14. The zero-order valence-electron chi connectivity index (χ0n) is 16.1. The minimum Gasteiger partial charge on any atom is -0.441 e. The van der Waals surface area contributed by atoms with Gasteiger partial charge in [-0.2, -0.15) is 0 Å². The summed E-state index contributed by atoms with van der Waals surface area (Å²) in [6, 6.07) is 7.79. The van der Waals surface area contributed by atoms with Gasteiger partial charge in [-0.1, -0.05) is 18.5 Å². The van der Waals surface area contributed by atoms with Gasteiger partial charge < -0.3 is 9.73 Å². The Morgan fingerprint density at radius 1 is 1.33 bits per heavy atom. The van der Waals surface area contributed by atoms with Crippen LogP contribution in [-0.2, 0) is 11.2 Å². The first-order valence-corrected chi connectivity index (χ1v) is 10.1. The van der Waals surface area contributed by atoms with Gasteiger partial charge in [-0.05, 0) is 63.0 Å². The molecule has 0 saturated carbocycles. The number of hydrogen-bond acceptors (Lipinski definition) is 4. The van der Waals surface area contributed by atoms with E-state index in [1.807, 2.05) is 24.3 Å². The molecule has 1 saturated heterocycles. The molecule has 1 unspecified atom stereocenters. The third-order valence-corrected chi connectivity index (χ3v) is 5.54. The maximum atomic E-state index is 12.2. The van der Waals surface area contributed by atoms with Gasteiger partial charge in [0.1, 0.15) is 0 Å². The van der Waals surface area contributed by atoms with E-state index in [2.05, 4.69) is 29.0 Å². The second kappa shape index (κ2) is 9.38. The molecule has 1 aliphatic rings. The minimum absolute atomic E-state index is 0.0403. The number of hydrogen-bond donors (Lipinski definition) is 1. The number of piperidine rings is 1. The van der Waals surface area contributed by atoms with E-state index in [0.717, 1.165) is 24.6 Å². The van der Waals surface area contributed by atoms with Gasteiger partial charge in [0.15, 0.2) is 11.7 Å². The predicted molar refractivity (Wildman–Crippen MR) is 108 cm³/mol. The first kappa shape index (κ1) is 19.9. The standard InChI is InChI=1S/C21H28ClN3O2/c1-15-9-11-25(12-10-15)16(2)13-23-20(26)7-8-21-24-14-19(27-21)17-3-5-18(22)6-4-17/h3-6,14-16H,7-13H2,1-2H3,(H,23,26). The highest BCUT2D eigenvalue weighted by molar-refractivity contribution is 6.30. The predicted octanol–water partition coefficient (Wildman–Crippen LogP) is 4.16. The summed E-state index contributed by atoms with van der Waals surface area (Å²) in [5, 5.41) is 3.72. The van der Waals surface area contributed by atoms with Gasteiger partial charge in [0.05, 0.1) is 6.20 Å². The number of aromatic nitrogens is 1. The van der Waals surface area contributed by atoms with Gasteiger partial charge >= 0.3 is 0 Å². The molecule has 1 fully saturated rings. The molecular formula is C21H28ClN3O2. The van der Waals surface area contributed by atoms with E-state index < -0.39 is 0 Å². The minimum atomic E-state index is 0.0403. The lowest BCUT2D eigenvalue weighted by Crippen LogP contribution is -2.45. The van der Waals surface area contributed by atoms with E-state index in [-0.39, 0.29) is 5.91 Å². The van der Waals surface area contributed by atoms with Crippen LogP contribution in [0.2, 0.25) is 5.02 Å². The molecule has 6 heteroatoms. The quantitative estimate of drug-likeness (QED) is 0.772. The molecule has 1 aliphatic heterocycles. The largest absolute Gasteiger partial charge is 0.441 e. The average molecular weight is 390 g/mol. The number of carbonyl (C=O) groups is 1. The number of amides is 1. The third-order valence-electron chi connectivity index (χ3n) is 5.28.